The van der Waals surface area contributed by atoms with E-state index in [4.69, 9.17) is 4.74 Å². The van der Waals surface area contributed by atoms with Crippen molar-refractivity contribution in [3.8, 4) is 5.75 Å². The number of methoxy groups -OCH3 is 1. The van der Waals surface area contributed by atoms with Crippen molar-refractivity contribution in [3.63, 3.8) is 0 Å². The van der Waals surface area contributed by atoms with Crippen LogP contribution in [-0.4, -0.2) is 56.6 Å². The van der Waals surface area contributed by atoms with Crippen molar-refractivity contribution in [2.45, 2.75) is 66.1 Å². The molecule has 8 nitrogen and oxygen atoms in total. The molecule has 36 heavy (non-hydrogen) atoms. The second kappa shape index (κ2) is 11.8. The summed E-state index contributed by atoms with van der Waals surface area (Å²) in [4.78, 5) is 28.4. The molecular weight excluding hydrogens is 478 g/mol. The lowest BCUT2D eigenvalue weighted by molar-refractivity contribution is -0.141. The molecule has 0 heterocycles. The highest BCUT2D eigenvalue weighted by Gasteiger charge is 2.33. The van der Waals surface area contributed by atoms with E-state index < -0.39 is 34.1 Å². The van der Waals surface area contributed by atoms with E-state index in [0.717, 1.165) is 27.3 Å². The molecule has 0 aliphatic rings. The maximum atomic E-state index is 13.8. The summed E-state index contributed by atoms with van der Waals surface area (Å²) in [6.45, 7) is 10.9. The molecule has 0 spiro atoms. The van der Waals surface area contributed by atoms with Gasteiger partial charge in [0, 0.05) is 12.1 Å². The Morgan fingerprint density at radius 2 is 1.58 bits per heavy atom. The largest absolute Gasteiger partial charge is 0.497 e. The van der Waals surface area contributed by atoms with Gasteiger partial charge in [-0.1, -0.05) is 25.1 Å². The second-order valence-corrected chi connectivity index (χ2v) is 12.1. The first-order valence-electron chi connectivity index (χ1n) is 11.9. The Bertz CT molecular complexity index is 1150. The van der Waals surface area contributed by atoms with Gasteiger partial charge in [0.15, 0.2) is 0 Å². The van der Waals surface area contributed by atoms with E-state index in [1.54, 1.807) is 31.4 Å². The molecule has 0 radical (unpaired) electrons. The fourth-order valence-electron chi connectivity index (χ4n) is 4.01. The van der Waals surface area contributed by atoms with Crippen LogP contribution in [0.5, 0.6) is 5.75 Å². The normalized spacial score (nSPS) is 12.6. The highest BCUT2D eigenvalue weighted by molar-refractivity contribution is 7.92. The molecule has 0 aliphatic carbocycles. The number of carbonyl (C=O) groups is 2. The minimum Gasteiger partial charge on any atom is -0.497 e. The number of hydrogen-bond donors (Lipinski definition) is 1. The van der Waals surface area contributed by atoms with Crippen molar-refractivity contribution in [3.05, 3.63) is 59.2 Å². The van der Waals surface area contributed by atoms with Crippen molar-refractivity contribution >= 4 is 27.5 Å². The molecule has 9 heteroatoms. The minimum absolute atomic E-state index is 0.142. The van der Waals surface area contributed by atoms with E-state index in [1.807, 2.05) is 59.7 Å². The molecule has 0 unspecified atom stereocenters. The number of hydrogen-bond acceptors (Lipinski definition) is 5. The summed E-state index contributed by atoms with van der Waals surface area (Å²) >= 11 is 0. The van der Waals surface area contributed by atoms with Crippen LogP contribution in [-0.2, 0) is 26.2 Å². The molecular formula is C27H39N3O5S. The average Bonchev–Trinajstić information content (AvgIpc) is 2.74. The third-order valence-electron chi connectivity index (χ3n) is 5.57. The number of nitrogens with zero attached hydrogens (tertiary/aromatic N) is 2. The van der Waals surface area contributed by atoms with Crippen LogP contribution in [0.15, 0.2) is 42.5 Å². The minimum atomic E-state index is -3.77. The van der Waals surface area contributed by atoms with E-state index in [2.05, 4.69) is 5.32 Å². The Hall–Kier alpha value is -3.07. The van der Waals surface area contributed by atoms with Crippen LogP contribution in [0.25, 0.3) is 0 Å². The molecule has 2 amide bonds. The van der Waals surface area contributed by atoms with Gasteiger partial charge in [-0.15, -0.1) is 0 Å². The first kappa shape index (κ1) is 29.2. The predicted octanol–water partition coefficient (Wildman–Crippen LogP) is 3.80. The predicted molar refractivity (Wildman–Crippen MR) is 144 cm³/mol. The number of anilines is 1. The zero-order chi connectivity index (χ0) is 27.3. The molecule has 0 saturated carbocycles. The van der Waals surface area contributed by atoms with Crippen LogP contribution < -0.4 is 14.4 Å². The van der Waals surface area contributed by atoms with E-state index in [9.17, 15) is 18.0 Å². The molecule has 0 bridgehead atoms. The number of sulfonamides is 1. The Kier molecular flexibility index (Phi) is 9.54. The van der Waals surface area contributed by atoms with E-state index in [1.165, 1.54) is 4.90 Å². The van der Waals surface area contributed by atoms with Crippen LogP contribution in [0.1, 0.15) is 50.8 Å². The smallest absolute Gasteiger partial charge is 0.244 e. The molecule has 198 valence electrons. The summed E-state index contributed by atoms with van der Waals surface area (Å²) in [5.74, 6) is -0.0808. The van der Waals surface area contributed by atoms with Crippen molar-refractivity contribution < 1.29 is 22.7 Å². The Morgan fingerprint density at radius 1 is 1.03 bits per heavy atom. The van der Waals surface area contributed by atoms with Gasteiger partial charge in [0.1, 0.15) is 18.3 Å². The van der Waals surface area contributed by atoms with Gasteiger partial charge in [-0.05, 0) is 82.0 Å². The number of aryl methyl sites for hydroxylation is 2. The lowest BCUT2D eigenvalue weighted by Gasteiger charge is -2.34. The Balaban J connectivity index is 2.48. The van der Waals surface area contributed by atoms with E-state index in [0.29, 0.717) is 17.9 Å². The van der Waals surface area contributed by atoms with Crippen molar-refractivity contribution in [2.75, 3.05) is 24.2 Å². The standard InChI is InChI=1S/C27H39N3O5S/c1-9-24(26(32)28-27(4,5)6)29(17-21-10-12-23(35-7)13-11-21)25(31)18-30(36(8,33)34)22-15-19(2)14-20(3)16-22/h10-16,24H,9,17-18H2,1-8H3,(H,28,32)/t24-/m1/s1. The van der Waals surface area contributed by atoms with Gasteiger partial charge in [-0.25, -0.2) is 8.42 Å². The highest BCUT2D eigenvalue weighted by Crippen LogP contribution is 2.23. The first-order valence-corrected chi connectivity index (χ1v) is 13.8. The zero-order valence-corrected chi connectivity index (χ0v) is 23.4. The van der Waals surface area contributed by atoms with Crippen LogP contribution in [0.2, 0.25) is 0 Å². The number of ether oxygens (including phenoxy) is 1. The van der Waals surface area contributed by atoms with E-state index in [-0.39, 0.29) is 12.5 Å². The molecule has 0 saturated heterocycles. The highest BCUT2D eigenvalue weighted by atomic mass is 32.2. The van der Waals surface area contributed by atoms with Crippen molar-refractivity contribution in [2.24, 2.45) is 0 Å². The van der Waals surface area contributed by atoms with Crippen LogP contribution >= 0.6 is 0 Å². The van der Waals surface area contributed by atoms with Crippen LogP contribution in [0.4, 0.5) is 5.69 Å². The Labute approximate surface area is 215 Å². The monoisotopic (exact) mass is 517 g/mol. The second-order valence-electron chi connectivity index (χ2n) is 10.1. The third-order valence-corrected chi connectivity index (χ3v) is 6.71. The molecule has 2 aromatic rings. The number of rotatable bonds is 10. The molecule has 0 aromatic heterocycles. The number of carbonyl (C=O) groups excluding carboxylic acids is 2. The maximum absolute atomic E-state index is 13.8. The molecule has 1 atom stereocenters. The summed E-state index contributed by atoms with van der Waals surface area (Å²) in [5.41, 5.74) is 2.50. The van der Waals surface area contributed by atoms with Crippen molar-refractivity contribution in [1.82, 2.24) is 10.2 Å². The number of nitrogens with one attached hydrogen (secondary N) is 1. The number of amides is 2. The maximum Gasteiger partial charge on any atom is 0.244 e. The number of benzene rings is 2. The quantitative estimate of drug-likeness (QED) is 0.517. The lowest BCUT2D eigenvalue weighted by atomic mass is 10.1. The topological polar surface area (TPSA) is 96.0 Å². The summed E-state index contributed by atoms with van der Waals surface area (Å²) < 4.78 is 31.9. The molecule has 2 aromatic carbocycles. The summed E-state index contributed by atoms with van der Waals surface area (Å²) in [5, 5.41) is 2.96. The SMILES string of the molecule is CC[C@H](C(=O)NC(C)(C)C)N(Cc1ccc(OC)cc1)C(=O)CN(c1cc(C)cc(C)c1)S(C)(=O)=O. The Morgan fingerprint density at radius 3 is 2.03 bits per heavy atom. The van der Waals surface area contributed by atoms with E-state index >= 15 is 0 Å². The van der Waals surface area contributed by atoms with Gasteiger partial charge in [-0.3, -0.25) is 13.9 Å². The zero-order valence-electron chi connectivity index (χ0n) is 22.6. The van der Waals surface area contributed by atoms with Gasteiger partial charge in [0.05, 0.1) is 19.1 Å². The van der Waals surface area contributed by atoms with Crippen LogP contribution in [0.3, 0.4) is 0 Å². The summed E-state index contributed by atoms with van der Waals surface area (Å²) in [7, 11) is -2.20. The summed E-state index contributed by atoms with van der Waals surface area (Å²) in [6, 6.07) is 11.8. The molecule has 0 fully saturated rings. The third kappa shape index (κ3) is 8.26. The van der Waals surface area contributed by atoms with Crippen molar-refractivity contribution in [1.29, 1.82) is 0 Å². The van der Waals surface area contributed by atoms with Gasteiger partial charge in [-0.2, -0.15) is 0 Å². The summed E-state index contributed by atoms with van der Waals surface area (Å²) in [6.07, 6.45) is 1.45. The van der Waals surface area contributed by atoms with Crippen LogP contribution in [0, 0.1) is 13.8 Å². The van der Waals surface area contributed by atoms with Gasteiger partial charge < -0.3 is 15.0 Å². The fraction of sp³-hybridized carbons (Fsp3) is 0.481. The molecule has 0 aliphatic heterocycles. The molecule has 2 rings (SSSR count). The lowest BCUT2D eigenvalue weighted by Crippen LogP contribution is -2.55. The van der Waals surface area contributed by atoms with Gasteiger partial charge in [0.2, 0.25) is 21.8 Å². The average molecular weight is 518 g/mol. The fourth-order valence-corrected chi connectivity index (χ4v) is 4.84. The molecule has 1 N–H and O–H groups in total. The van der Waals surface area contributed by atoms with Gasteiger partial charge in [0.25, 0.3) is 0 Å². The van der Waals surface area contributed by atoms with Gasteiger partial charge >= 0.3 is 0 Å². The first-order chi connectivity index (χ1) is 16.6.